The van der Waals surface area contributed by atoms with Crippen molar-refractivity contribution in [3.05, 3.63) is 76.7 Å². The first-order valence-corrected chi connectivity index (χ1v) is 13.1. The molecule has 2 aliphatic rings. The molecule has 1 N–H and O–H groups in total. The molecule has 1 aliphatic heterocycles. The Morgan fingerprint density at radius 1 is 1.17 bits per heavy atom. The smallest absolute Gasteiger partial charge is 0.227 e. The molecule has 0 radical (unpaired) electrons. The molecule has 1 aliphatic carbocycles. The third-order valence-electron chi connectivity index (χ3n) is 6.32. The maximum atomic E-state index is 14.1. The van der Waals surface area contributed by atoms with Crippen molar-refractivity contribution < 1.29 is 13.9 Å². The van der Waals surface area contributed by atoms with E-state index in [0.717, 1.165) is 41.8 Å². The summed E-state index contributed by atoms with van der Waals surface area (Å²) in [6.07, 6.45) is 3.16. The molecule has 6 nitrogen and oxygen atoms in total. The summed E-state index contributed by atoms with van der Waals surface area (Å²) in [5.41, 5.74) is 3.25. The molecule has 2 aromatic carbocycles. The molecule has 0 fully saturated rings. The summed E-state index contributed by atoms with van der Waals surface area (Å²) in [5, 5.41) is 8.62. The van der Waals surface area contributed by atoms with Crippen molar-refractivity contribution in [1.82, 2.24) is 14.8 Å². The number of anilines is 1. The summed E-state index contributed by atoms with van der Waals surface area (Å²) in [6.45, 7) is 5.03. The predicted molar refractivity (Wildman–Crippen MR) is 135 cm³/mol. The Bertz CT molecular complexity index is 1250. The van der Waals surface area contributed by atoms with Crippen LogP contribution in [0.2, 0.25) is 0 Å². The number of carbonyl (C=O) groups is 1. The maximum absolute atomic E-state index is 14.1. The van der Waals surface area contributed by atoms with Gasteiger partial charge in [-0.3, -0.25) is 4.79 Å². The number of nitrogens with zero attached hydrogens (tertiary/aromatic N) is 3. The zero-order valence-corrected chi connectivity index (χ0v) is 20.8. The van der Waals surface area contributed by atoms with Crippen LogP contribution >= 0.6 is 11.8 Å². The molecule has 5 rings (SSSR count). The van der Waals surface area contributed by atoms with E-state index < -0.39 is 0 Å². The number of rotatable bonds is 8. The number of aromatic nitrogens is 3. The van der Waals surface area contributed by atoms with Gasteiger partial charge in [-0.05, 0) is 54.5 Å². The lowest BCUT2D eigenvalue weighted by Crippen LogP contribution is -2.31. The van der Waals surface area contributed by atoms with E-state index in [1.54, 1.807) is 16.8 Å². The van der Waals surface area contributed by atoms with E-state index in [9.17, 15) is 9.18 Å². The van der Waals surface area contributed by atoms with Crippen molar-refractivity contribution in [2.45, 2.75) is 56.5 Å². The van der Waals surface area contributed by atoms with Crippen LogP contribution in [0.5, 0.6) is 5.75 Å². The van der Waals surface area contributed by atoms with Crippen LogP contribution in [0, 0.1) is 11.7 Å². The second-order valence-corrected chi connectivity index (χ2v) is 10.3. The van der Waals surface area contributed by atoms with E-state index in [2.05, 4.69) is 24.1 Å². The highest BCUT2D eigenvalue weighted by atomic mass is 32.2. The van der Waals surface area contributed by atoms with Crippen LogP contribution in [0.15, 0.2) is 65.0 Å². The predicted octanol–water partition coefficient (Wildman–Crippen LogP) is 6.16. The van der Waals surface area contributed by atoms with Crippen molar-refractivity contribution in [1.29, 1.82) is 0 Å². The van der Waals surface area contributed by atoms with Gasteiger partial charge in [0.25, 0.3) is 0 Å². The Labute approximate surface area is 209 Å². The van der Waals surface area contributed by atoms with Crippen molar-refractivity contribution in [3.63, 3.8) is 0 Å². The fraction of sp³-hybridized carbons (Fsp3) is 0.370. The molecule has 3 aromatic rings. The van der Waals surface area contributed by atoms with Gasteiger partial charge in [-0.1, -0.05) is 55.9 Å². The number of halogens is 1. The third kappa shape index (κ3) is 5.12. The van der Waals surface area contributed by atoms with E-state index in [0.29, 0.717) is 41.4 Å². The highest BCUT2D eigenvalue weighted by Gasteiger charge is 2.36. The molecule has 35 heavy (non-hydrogen) atoms. The van der Waals surface area contributed by atoms with E-state index in [1.165, 1.54) is 17.8 Å². The van der Waals surface area contributed by atoms with Gasteiger partial charge in [-0.2, -0.15) is 4.98 Å². The van der Waals surface area contributed by atoms with Gasteiger partial charge in [0, 0.05) is 23.4 Å². The third-order valence-corrected chi connectivity index (χ3v) is 7.21. The monoisotopic (exact) mass is 492 g/mol. The van der Waals surface area contributed by atoms with Gasteiger partial charge in [0.2, 0.25) is 11.1 Å². The van der Waals surface area contributed by atoms with Gasteiger partial charge in [0.05, 0.1) is 6.61 Å². The lowest BCUT2D eigenvalue weighted by atomic mass is 9.85. The van der Waals surface area contributed by atoms with Gasteiger partial charge < -0.3 is 10.1 Å². The van der Waals surface area contributed by atoms with Gasteiger partial charge in [-0.25, -0.2) is 9.07 Å². The summed E-state index contributed by atoms with van der Waals surface area (Å²) in [4.78, 5) is 17.7. The minimum atomic E-state index is -0.353. The Morgan fingerprint density at radius 3 is 2.74 bits per heavy atom. The quantitative estimate of drug-likeness (QED) is 0.380. The number of ketones is 1. The number of carbonyl (C=O) groups excluding carboxylic acids is 1. The molecule has 0 amide bonds. The zero-order valence-electron chi connectivity index (χ0n) is 20.0. The standard InChI is InChI=1S/C27H29FN4O2S/c1-17(2)14-15-34-20-12-10-18(11-13-20)25-24-22(8-5-9-23(24)33)29-26-30-27(31-32(25)26)35-16-19-6-3-4-7-21(19)28/h3-4,6-7,10-13,17,25H,5,8-9,14-16H2,1-2H3,(H,29,30,31). The first-order valence-electron chi connectivity index (χ1n) is 12.1. The van der Waals surface area contributed by atoms with E-state index in [1.807, 2.05) is 30.3 Å². The summed E-state index contributed by atoms with van der Waals surface area (Å²) in [5.74, 6) is 2.34. The molecule has 1 aromatic heterocycles. The van der Waals surface area contributed by atoms with Crippen LogP contribution in [0.1, 0.15) is 56.7 Å². The fourth-order valence-corrected chi connectivity index (χ4v) is 5.24. The molecule has 182 valence electrons. The first kappa shape index (κ1) is 23.6. The van der Waals surface area contributed by atoms with Gasteiger partial charge in [0.15, 0.2) is 5.78 Å². The number of ether oxygens (including phenoxy) is 1. The molecule has 0 bridgehead atoms. The summed E-state index contributed by atoms with van der Waals surface area (Å²) in [6, 6.07) is 14.3. The highest BCUT2D eigenvalue weighted by molar-refractivity contribution is 7.98. The second-order valence-electron chi connectivity index (χ2n) is 9.34. The Hall–Kier alpha value is -3.13. The van der Waals surface area contributed by atoms with Gasteiger partial charge in [0.1, 0.15) is 17.6 Å². The number of hydrogen-bond donors (Lipinski definition) is 1. The molecule has 1 atom stereocenters. The largest absolute Gasteiger partial charge is 0.494 e. The normalized spacial score (nSPS) is 17.3. The number of hydrogen-bond acceptors (Lipinski definition) is 6. The van der Waals surface area contributed by atoms with Crippen LogP contribution in [0.25, 0.3) is 0 Å². The molecule has 1 unspecified atom stereocenters. The van der Waals surface area contributed by atoms with Crippen LogP contribution < -0.4 is 10.1 Å². The average molecular weight is 493 g/mol. The Kier molecular flexibility index (Phi) is 6.90. The summed E-state index contributed by atoms with van der Waals surface area (Å²) in [7, 11) is 0. The lowest BCUT2D eigenvalue weighted by Gasteiger charge is -2.32. The maximum Gasteiger partial charge on any atom is 0.227 e. The van der Waals surface area contributed by atoms with Gasteiger partial charge >= 0.3 is 0 Å². The number of thioether (sulfide) groups is 1. The van der Waals surface area contributed by atoms with E-state index in [4.69, 9.17) is 9.84 Å². The van der Waals surface area contributed by atoms with Crippen LogP contribution in [-0.2, 0) is 10.5 Å². The summed E-state index contributed by atoms with van der Waals surface area (Å²) < 4.78 is 21.7. The topological polar surface area (TPSA) is 69.0 Å². The Balaban J connectivity index is 1.42. The minimum Gasteiger partial charge on any atom is -0.494 e. The zero-order chi connectivity index (χ0) is 24.4. The van der Waals surface area contributed by atoms with Crippen molar-refractivity contribution in [2.24, 2.45) is 5.92 Å². The van der Waals surface area contributed by atoms with Crippen molar-refractivity contribution in [3.8, 4) is 5.75 Å². The molecule has 0 spiro atoms. The SMILES string of the molecule is CC(C)CCOc1ccc(C2C3=C(CCCC3=O)Nc3nc(SCc4ccccc4F)nn32)cc1. The number of Topliss-reactive ketones (excluding diaryl/α,β-unsaturated/α-hetero) is 1. The molecule has 0 saturated heterocycles. The van der Waals surface area contributed by atoms with Gasteiger partial charge in [-0.15, -0.1) is 5.10 Å². The molecular weight excluding hydrogens is 463 g/mol. The number of nitrogens with one attached hydrogen (secondary N) is 1. The Morgan fingerprint density at radius 2 is 1.97 bits per heavy atom. The second kappa shape index (κ2) is 10.2. The minimum absolute atomic E-state index is 0.141. The van der Waals surface area contributed by atoms with Crippen LogP contribution in [-0.4, -0.2) is 27.2 Å². The van der Waals surface area contributed by atoms with Crippen LogP contribution in [0.4, 0.5) is 10.3 Å². The van der Waals surface area contributed by atoms with Crippen molar-refractivity contribution in [2.75, 3.05) is 11.9 Å². The first-order chi connectivity index (χ1) is 17.0. The fourth-order valence-electron chi connectivity index (χ4n) is 4.42. The van der Waals surface area contributed by atoms with E-state index in [-0.39, 0.29) is 17.6 Å². The van der Waals surface area contributed by atoms with E-state index >= 15 is 0 Å². The number of benzene rings is 2. The molecule has 8 heteroatoms. The molecule has 0 saturated carbocycles. The molecular formula is C27H29FN4O2S. The number of fused-ring (bicyclic) bond motifs is 1. The van der Waals surface area contributed by atoms with Crippen LogP contribution in [0.3, 0.4) is 0 Å². The van der Waals surface area contributed by atoms with Crippen molar-refractivity contribution >= 4 is 23.5 Å². The summed E-state index contributed by atoms with van der Waals surface area (Å²) >= 11 is 1.38. The number of allylic oxidation sites excluding steroid dienone is 2. The average Bonchev–Trinajstić information content (AvgIpc) is 3.25. The lowest BCUT2D eigenvalue weighted by molar-refractivity contribution is -0.116. The highest BCUT2D eigenvalue weighted by Crippen LogP contribution is 2.41. The molecule has 2 heterocycles.